The van der Waals surface area contributed by atoms with E-state index in [1.165, 1.54) is 11.3 Å². The summed E-state index contributed by atoms with van der Waals surface area (Å²) in [5, 5.41) is 9.92. The predicted molar refractivity (Wildman–Crippen MR) is 112 cm³/mol. The van der Waals surface area contributed by atoms with E-state index in [-0.39, 0.29) is 5.91 Å². The molecule has 8 heteroatoms. The molecule has 0 aliphatic carbocycles. The average molecular weight is 395 g/mol. The molecule has 4 rings (SSSR count). The van der Waals surface area contributed by atoms with Crippen LogP contribution in [0.4, 0.5) is 23.0 Å². The van der Waals surface area contributed by atoms with Crippen LogP contribution in [0.15, 0.2) is 47.2 Å². The monoisotopic (exact) mass is 395 g/mol. The molecule has 0 bridgehead atoms. The van der Waals surface area contributed by atoms with Crippen molar-refractivity contribution in [1.82, 2.24) is 9.97 Å². The van der Waals surface area contributed by atoms with Gasteiger partial charge in [0.25, 0.3) is 5.91 Å². The molecule has 0 atom stereocenters. The molecule has 1 fully saturated rings. The van der Waals surface area contributed by atoms with Crippen molar-refractivity contribution < 1.29 is 9.53 Å². The van der Waals surface area contributed by atoms with Crippen molar-refractivity contribution in [3.8, 4) is 0 Å². The Bertz CT molecular complexity index is 938. The van der Waals surface area contributed by atoms with Gasteiger partial charge in [-0.05, 0) is 42.6 Å². The standard InChI is InChI=1S/C20H21N5O2S/c1-14-21-18(12-19(22-14)25-7-9-27-10-8-25)23-16-2-4-17(5-3-16)24-20(26)15-6-11-28-13-15/h2-6,11-13H,7-10H2,1H3,(H,24,26)(H,21,22,23). The van der Waals surface area contributed by atoms with Gasteiger partial charge in [-0.3, -0.25) is 4.79 Å². The van der Waals surface area contributed by atoms with Crippen LogP contribution in [-0.4, -0.2) is 42.2 Å². The third-order valence-corrected chi connectivity index (χ3v) is 5.04. The molecule has 0 radical (unpaired) electrons. The molecule has 0 spiro atoms. The van der Waals surface area contributed by atoms with E-state index in [1.54, 1.807) is 6.07 Å². The second kappa shape index (κ2) is 8.37. The summed E-state index contributed by atoms with van der Waals surface area (Å²) < 4.78 is 5.41. The molecular formula is C20H21N5O2S. The first-order chi connectivity index (χ1) is 13.7. The molecule has 1 aliphatic rings. The van der Waals surface area contributed by atoms with Crippen LogP contribution in [0.1, 0.15) is 16.2 Å². The maximum atomic E-state index is 12.1. The minimum absolute atomic E-state index is 0.108. The summed E-state index contributed by atoms with van der Waals surface area (Å²) in [7, 11) is 0. The molecule has 144 valence electrons. The fraction of sp³-hybridized carbons (Fsp3) is 0.250. The molecule has 2 aromatic heterocycles. The molecule has 28 heavy (non-hydrogen) atoms. The number of aromatic nitrogens is 2. The summed E-state index contributed by atoms with van der Waals surface area (Å²) in [4.78, 5) is 23.3. The molecule has 0 unspecified atom stereocenters. The van der Waals surface area contributed by atoms with E-state index in [4.69, 9.17) is 4.74 Å². The van der Waals surface area contributed by atoms with E-state index in [2.05, 4.69) is 25.5 Å². The number of amides is 1. The Morgan fingerprint density at radius 1 is 1.11 bits per heavy atom. The lowest BCUT2D eigenvalue weighted by atomic mass is 10.2. The number of aryl methyl sites for hydroxylation is 1. The fourth-order valence-corrected chi connectivity index (χ4v) is 3.59. The van der Waals surface area contributed by atoms with Crippen molar-refractivity contribution in [2.45, 2.75) is 6.92 Å². The molecular weight excluding hydrogens is 374 g/mol. The molecule has 1 aliphatic heterocycles. The quantitative estimate of drug-likeness (QED) is 0.686. The van der Waals surface area contributed by atoms with Gasteiger partial charge in [0.2, 0.25) is 0 Å². The van der Waals surface area contributed by atoms with Gasteiger partial charge < -0.3 is 20.3 Å². The summed E-state index contributed by atoms with van der Waals surface area (Å²) in [6, 6.07) is 11.3. The number of nitrogens with zero attached hydrogens (tertiary/aromatic N) is 3. The van der Waals surface area contributed by atoms with Gasteiger partial charge in [-0.25, -0.2) is 9.97 Å². The van der Waals surface area contributed by atoms with E-state index in [1.807, 2.05) is 48.0 Å². The maximum absolute atomic E-state index is 12.1. The molecule has 7 nitrogen and oxygen atoms in total. The molecule has 1 aromatic carbocycles. The van der Waals surface area contributed by atoms with Gasteiger partial charge in [0.05, 0.1) is 18.8 Å². The number of rotatable bonds is 5. The second-order valence-electron chi connectivity index (χ2n) is 6.43. The maximum Gasteiger partial charge on any atom is 0.256 e. The van der Waals surface area contributed by atoms with Crippen LogP contribution in [0.5, 0.6) is 0 Å². The summed E-state index contributed by atoms with van der Waals surface area (Å²) in [6.07, 6.45) is 0. The summed E-state index contributed by atoms with van der Waals surface area (Å²) in [5.74, 6) is 2.25. The Balaban J connectivity index is 1.44. The number of hydrogen-bond acceptors (Lipinski definition) is 7. The van der Waals surface area contributed by atoms with Gasteiger partial charge in [-0.15, -0.1) is 0 Å². The van der Waals surface area contributed by atoms with Crippen LogP contribution >= 0.6 is 11.3 Å². The Hall–Kier alpha value is -2.97. The predicted octanol–water partition coefficient (Wildman–Crippen LogP) is 3.68. The topological polar surface area (TPSA) is 79.4 Å². The number of carbonyl (C=O) groups is 1. The first-order valence-corrected chi connectivity index (χ1v) is 10.0. The average Bonchev–Trinajstić information content (AvgIpc) is 3.25. The van der Waals surface area contributed by atoms with Gasteiger partial charge in [0.15, 0.2) is 0 Å². The lowest BCUT2D eigenvalue weighted by Gasteiger charge is -2.28. The number of benzene rings is 1. The first kappa shape index (κ1) is 18.4. The van der Waals surface area contributed by atoms with E-state index in [0.29, 0.717) is 24.6 Å². The summed E-state index contributed by atoms with van der Waals surface area (Å²) in [6.45, 7) is 4.97. The SMILES string of the molecule is Cc1nc(Nc2ccc(NC(=O)c3ccsc3)cc2)cc(N2CCOCC2)n1. The highest BCUT2D eigenvalue weighted by molar-refractivity contribution is 7.08. The zero-order valence-electron chi connectivity index (χ0n) is 15.5. The number of nitrogens with one attached hydrogen (secondary N) is 2. The van der Waals surface area contributed by atoms with Crippen LogP contribution in [0.25, 0.3) is 0 Å². The van der Waals surface area contributed by atoms with Gasteiger partial charge in [-0.1, -0.05) is 0 Å². The third kappa shape index (κ3) is 4.47. The highest BCUT2D eigenvalue weighted by Crippen LogP contribution is 2.22. The smallest absolute Gasteiger partial charge is 0.256 e. The van der Waals surface area contributed by atoms with E-state index in [9.17, 15) is 4.79 Å². The van der Waals surface area contributed by atoms with Crippen LogP contribution in [0, 0.1) is 6.92 Å². The zero-order chi connectivity index (χ0) is 19.3. The van der Waals surface area contributed by atoms with Crippen molar-refractivity contribution in [2.24, 2.45) is 0 Å². The largest absolute Gasteiger partial charge is 0.378 e. The minimum Gasteiger partial charge on any atom is -0.378 e. The fourth-order valence-electron chi connectivity index (χ4n) is 2.95. The highest BCUT2D eigenvalue weighted by Gasteiger charge is 2.14. The van der Waals surface area contributed by atoms with Crippen molar-refractivity contribution in [3.05, 3.63) is 58.5 Å². The second-order valence-corrected chi connectivity index (χ2v) is 7.21. The third-order valence-electron chi connectivity index (χ3n) is 4.36. The summed E-state index contributed by atoms with van der Waals surface area (Å²) in [5.41, 5.74) is 2.30. The Labute approximate surface area is 167 Å². The lowest BCUT2D eigenvalue weighted by molar-refractivity contribution is 0.102. The lowest BCUT2D eigenvalue weighted by Crippen LogP contribution is -2.36. The zero-order valence-corrected chi connectivity index (χ0v) is 16.3. The van der Waals surface area contributed by atoms with E-state index < -0.39 is 0 Å². The Morgan fingerprint density at radius 2 is 1.86 bits per heavy atom. The van der Waals surface area contributed by atoms with Crippen molar-refractivity contribution in [1.29, 1.82) is 0 Å². The van der Waals surface area contributed by atoms with E-state index in [0.717, 1.165) is 36.1 Å². The Morgan fingerprint density at radius 3 is 2.57 bits per heavy atom. The van der Waals surface area contributed by atoms with Crippen molar-refractivity contribution in [3.63, 3.8) is 0 Å². The van der Waals surface area contributed by atoms with Gasteiger partial charge >= 0.3 is 0 Å². The van der Waals surface area contributed by atoms with Crippen molar-refractivity contribution in [2.75, 3.05) is 41.8 Å². The first-order valence-electron chi connectivity index (χ1n) is 9.06. The number of ether oxygens (including phenoxy) is 1. The normalized spacial score (nSPS) is 14.0. The van der Waals surface area contributed by atoms with Crippen LogP contribution in [0.2, 0.25) is 0 Å². The van der Waals surface area contributed by atoms with Gasteiger partial charge in [0, 0.05) is 35.9 Å². The van der Waals surface area contributed by atoms with Gasteiger partial charge in [0.1, 0.15) is 17.5 Å². The number of morpholine rings is 1. The summed E-state index contributed by atoms with van der Waals surface area (Å²) >= 11 is 1.50. The minimum atomic E-state index is -0.108. The molecule has 0 saturated carbocycles. The highest BCUT2D eigenvalue weighted by atomic mass is 32.1. The van der Waals surface area contributed by atoms with Crippen LogP contribution in [0.3, 0.4) is 0 Å². The molecule has 3 heterocycles. The molecule has 1 amide bonds. The molecule has 3 aromatic rings. The Kier molecular flexibility index (Phi) is 5.50. The van der Waals surface area contributed by atoms with Crippen LogP contribution < -0.4 is 15.5 Å². The number of carbonyl (C=O) groups excluding carboxylic acids is 1. The number of anilines is 4. The van der Waals surface area contributed by atoms with E-state index >= 15 is 0 Å². The van der Waals surface area contributed by atoms with Gasteiger partial charge in [-0.2, -0.15) is 11.3 Å². The van der Waals surface area contributed by atoms with Crippen molar-refractivity contribution >= 4 is 40.3 Å². The van der Waals surface area contributed by atoms with Crippen LogP contribution in [-0.2, 0) is 4.74 Å². The number of thiophene rings is 1. The molecule has 2 N–H and O–H groups in total. The molecule has 1 saturated heterocycles. The number of hydrogen-bond donors (Lipinski definition) is 2.